The average molecular weight is 469 g/mol. The second kappa shape index (κ2) is 11.9. The Morgan fingerprint density at radius 2 is 1.42 bits per heavy atom. The van der Waals surface area contributed by atoms with Crippen molar-refractivity contribution in [2.45, 2.75) is 76.2 Å². The maximum Gasteiger partial charge on any atom is 0.185 e. The summed E-state index contributed by atoms with van der Waals surface area (Å²) in [6, 6.07) is 22.7. The Kier molecular flexibility index (Phi) is 9.27. The van der Waals surface area contributed by atoms with Crippen LogP contribution in [0.15, 0.2) is 60.7 Å². The Morgan fingerprint density at radius 1 is 0.879 bits per heavy atom. The third-order valence-corrected chi connectivity index (χ3v) is 11.4. The highest BCUT2D eigenvalue weighted by Crippen LogP contribution is 2.34. The predicted octanol–water partition coefficient (Wildman–Crippen LogP) is 4.29. The fourth-order valence-electron chi connectivity index (χ4n) is 4.17. The molecular formula is C27H36O5Si. The number of ether oxygens (including phenoxy) is 3. The van der Waals surface area contributed by atoms with Crippen LogP contribution < -0.4 is 0 Å². The smallest absolute Gasteiger partial charge is 0.185 e. The van der Waals surface area contributed by atoms with E-state index in [9.17, 15) is 10.2 Å². The number of hydrogen-bond donors (Lipinski definition) is 2. The third kappa shape index (κ3) is 6.33. The number of rotatable bonds is 10. The summed E-state index contributed by atoms with van der Waals surface area (Å²) in [5.74, 6) is 3.34. The van der Waals surface area contributed by atoms with E-state index in [2.05, 4.69) is 32.2 Å². The zero-order chi connectivity index (χ0) is 23.7. The van der Waals surface area contributed by atoms with E-state index < -0.39 is 32.2 Å². The first-order valence-corrected chi connectivity index (χ1v) is 14.4. The van der Waals surface area contributed by atoms with Crippen LogP contribution >= 0.6 is 0 Å². The Bertz CT molecular complexity index is 898. The zero-order valence-electron chi connectivity index (χ0n) is 19.9. The quantitative estimate of drug-likeness (QED) is 0.402. The lowest BCUT2D eigenvalue weighted by Crippen LogP contribution is -2.48. The minimum Gasteiger partial charge on any atom is -0.385 e. The number of benzene rings is 2. The Labute approximate surface area is 198 Å². The molecule has 33 heavy (non-hydrogen) atoms. The van der Waals surface area contributed by atoms with Gasteiger partial charge in [-0.15, -0.1) is 5.54 Å². The Hall–Kier alpha value is -1.98. The molecule has 1 aliphatic heterocycles. The topological polar surface area (TPSA) is 68.2 Å². The van der Waals surface area contributed by atoms with Gasteiger partial charge < -0.3 is 24.4 Å². The van der Waals surface area contributed by atoms with Crippen molar-refractivity contribution in [1.29, 1.82) is 0 Å². The van der Waals surface area contributed by atoms with Crippen molar-refractivity contribution >= 4 is 8.07 Å². The van der Waals surface area contributed by atoms with Crippen molar-refractivity contribution in [3.05, 3.63) is 71.8 Å². The van der Waals surface area contributed by atoms with Crippen LogP contribution in [0.5, 0.6) is 0 Å². The highest BCUT2D eigenvalue weighted by molar-refractivity contribution is 6.87. The molecule has 0 aromatic heterocycles. The molecule has 0 saturated carbocycles. The van der Waals surface area contributed by atoms with Gasteiger partial charge >= 0.3 is 0 Å². The molecule has 1 fully saturated rings. The van der Waals surface area contributed by atoms with Gasteiger partial charge in [0.2, 0.25) is 0 Å². The zero-order valence-corrected chi connectivity index (χ0v) is 20.9. The van der Waals surface area contributed by atoms with Crippen molar-refractivity contribution in [2.24, 2.45) is 0 Å². The second-order valence-corrected chi connectivity index (χ2v) is 13.6. The molecule has 2 aromatic rings. The molecule has 0 aliphatic carbocycles. The van der Waals surface area contributed by atoms with Gasteiger partial charge in [0.25, 0.3) is 0 Å². The molecule has 1 heterocycles. The van der Waals surface area contributed by atoms with Crippen molar-refractivity contribution in [3.63, 3.8) is 0 Å². The highest BCUT2D eigenvalue weighted by atomic mass is 28.3. The van der Waals surface area contributed by atoms with Crippen molar-refractivity contribution in [1.82, 2.24) is 0 Å². The van der Waals surface area contributed by atoms with E-state index in [4.69, 9.17) is 14.2 Å². The maximum absolute atomic E-state index is 10.8. The van der Waals surface area contributed by atoms with Gasteiger partial charge in [-0.2, -0.15) is 0 Å². The summed E-state index contributed by atoms with van der Waals surface area (Å²) in [4.78, 5) is 0. The van der Waals surface area contributed by atoms with Gasteiger partial charge in [-0.3, -0.25) is 0 Å². The molecule has 6 heteroatoms. The first-order valence-electron chi connectivity index (χ1n) is 11.8. The SMILES string of the molecule is CC[Si](C#C[C@]1(COCc2ccccc2)OC(O)[C@H](O)[C@@H]1OCc1ccccc1)(CC)CC. The van der Waals surface area contributed by atoms with Crippen molar-refractivity contribution in [2.75, 3.05) is 6.61 Å². The van der Waals surface area contributed by atoms with Gasteiger partial charge in [0, 0.05) is 0 Å². The largest absolute Gasteiger partial charge is 0.385 e. The standard InChI is InChI=1S/C27H36O5Si/c1-4-33(5-2,6-3)18-17-27(21-30-19-22-13-9-7-10-14-22)25(24(28)26(29)32-27)31-20-23-15-11-8-12-16-23/h7-16,24-26,28-29H,4-6,19-21H2,1-3H3/t24-,25+,26?,27-/m1/s1. The van der Waals surface area contributed by atoms with Gasteiger partial charge in [0.1, 0.15) is 20.3 Å². The van der Waals surface area contributed by atoms with E-state index in [1.807, 2.05) is 60.7 Å². The van der Waals surface area contributed by atoms with E-state index >= 15 is 0 Å². The van der Waals surface area contributed by atoms with Crippen LogP contribution in [0.3, 0.4) is 0 Å². The van der Waals surface area contributed by atoms with Gasteiger partial charge in [-0.1, -0.05) is 87.4 Å². The van der Waals surface area contributed by atoms with E-state index in [1.165, 1.54) is 0 Å². The molecule has 2 aromatic carbocycles. The maximum atomic E-state index is 10.8. The van der Waals surface area contributed by atoms with Gasteiger partial charge in [-0.25, -0.2) is 0 Å². The second-order valence-electron chi connectivity index (χ2n) is 8.68. The Morgan fingerprint density at radius 3 is 1.97 bits per heavy atom. The number of hydrogen-bond acceptors (Lipinski definition) is 5. The lowest BCUT2D eigenvalue weighted by molar-refractivity contribution is -0.162. The fourth-order valence-corrected chi connectivity index (χ4v) is 6.68. The molecule has 1 saturated heterocycles. The van der Waals surface area contributed by atoms with Crippen molar-refractivity contribution in [3.8, 4) is 11.5 Å². The van der Waals surface area contributed by atoms with Crippen LogP contribution in [0.1, 0.15) is 31.9 Å². The molecule has 4 atom stereocenters. The number of aliphatic hydroxyl groups excluding tert-OH is 2. The molecule has 2 N–H and O–H groups in total. The van der Waals surface area contributed by atoms with E-state index in [0.717, 1.165) is 29.3 Å². The summed E-state index contributed by atoms with van der Waals surface area (Å²) < 4.78 is 18.1. The lowest BCUT2D eigenvalue weighted by Gasteiger charge is -2.31. The van der Waals surface area contributed by atoms with Crippen molar-refractivity contribution < 1.29 is 24.4 Å². The minimum absolute atomic E-state index is 0.0874. The van der Waals surface area contributed by atoms with Crippen LogP contribution in [-0.2, 0) is 27.4 Å². The number of aliphatic hydroxyl groups is 2. The fraction of sp³-hybridized carbons (Fsp3) is 0.481. The Balaban J connectivity index is 1.88. The molecule has 178 valence electrons. The molecule has 3 rings (SSSR count). The molecule has 1 aliphatic rings. The normalized spacial score (nSPS) is 24.9. The first-order chi connectivity index (χ1) is 16.0. The summed E-state index contributed by atoms with van der Waals surface area (Å²) in [6.07, 6.45) is -3.45. The van der Waals surface area contributed by atoms with Crippen LogP contribution in [0.2, 0.25) is 18.1 Å². The van der Waals surface area contributed by atoms with E-state index in [1.54, 1.807) is 0 Å². The summed E-state index contributed by atoms with van der Waals surface area (Å²) in [5, 5.41) is 21.2. The van der Waals surface area contributed by atoms with Crippen LogP contribution in [-0.4, -0.2) is 49.0 Å². The molecule has 0 bridgehead atoms. The summed E-state index contributed by atoms with van der Waals surface area (Å²) in [7, 11) is -1.81. The third-order valence-electron chi connectivity index (χ3n) is 6.66. The highest BCUT2D eigenvalue weighted by Gasteiger charge is 2.55. The van der Waals surface area contributed by atoms with E-state index in [-0.39, 0.29) is 13.2 Å². The van der Waals surface area contributed by atoms with Gasteiger partial charge in [0.05, 0.1) is 19.8 Å². The molecular weight excluding hydrogens is 432 g/mol. The monoisotopic (exact) mass is 468 g/mol. The molecule has 1 unspecified atom stereocenters. The van der Waals surface area contributed by atoms with Crippen LogP contribution in [0.4, 0.5) is 0 Å². The average Bonchev–Trinajstić information content (AvgIpc) is 3.09. The summed E-state index contributed by atoms with van der Waals surface area (Å²) in [5.41, 5.74) is 4.31. The lowest BCUT2D eigenvalue weighted by atomic mass is 9.96. The van der Waals surface area contributed by atoms with Gasteiger partial charge in [0.15, 0.2) is 11.9 Å². The summed E-state index contributed by atoms with van der Waals surface area (Å²) in [6.45, 7) is 7.31. The molecule has 0 spiro atoms. The van der Waals surface area contributed by atoms with Crippen LogP contribution in [0.25, 0.3) is 0 Å². The predicted molar refractivity (Wildman–Crippen MR) is 132 cm³/mol. The van der Waals surface area contributed by atoms with Gasteiger partial charge in [-0.05, 0) is 29.3 Å². The minimum atomic E-state index is -1.81. The van der Waals surface area contributed by atoms with Crippen LogP contribution in [0, 0.1) is 11.5 Å². The molecule has 5 nitrogen and oxygen atoms in total. The molecule has 0 amide bonds. The first kappa shape index (κ1) is 25.6. The van der Waals surface area contributed by atoms with E-state index in [0.29, 0.717) is 6.61 Å². The molecule has 0 radical (unpaired) electrons. The summed E-state index contributed by atoms with van der Waals surface area (Å²) >= 11 is 0.